The maximum absolute atomic E-state index is 13.6. The van der Waals surface area contributed by atoms with Crippen LogP contribution in [0.3, 0.4) is 0 Å². The molecule has 1 fully saturated rings. The van der Waals surface area contributed by atoms with Gasteiger partial charge < -0.3 is 26.6 Å². The highest BCUT2D eigenvalue weighted by Gasteiger charge is 2.42. The van der Waals surface area contributed by atoms with Crippen molar-refractivity contribution < 1.29 is 28.8 Å². The first kappa shape index (κ1) is 30.5. The molecule has 1 aliphatic rings. The standard InChI is InChI=1S/C27H39N5O6/c1-15(2)19(21(34)17-11-8-7-9-12-17)30-26(38)31-22(27(4,5)6)25(37)32-14-10-13-18(32)24(36)29-16(3)20(33)23(28)35/h7-9,11-12,15-16,18-19,22H,10,13-14H2,1-6H3,(H2,28,35)(H,29,36)(H2,30,31,38)/t16?,18-,19?,22?/m0/s1. The number of hydrogen-bond donors (Lipinski definition) is 4. The van der Waals surface area contributed by atoms with Gasteiger partial charge in [0, 0.05) is 12.1 Å². The van der Waals surface area contributed by atoms with Gasteiger partial charge in [-0.05, 0) is 31.1 Å². The van der Waals surface area contributed by atoms with Crippen LogP contribution in [0.5, 0.6) is 0 Å². The maximum atomic E-state index is 13.6. The smallest absolute Gasteiger partial charge is 0.316 e. The van der Waals surface area contributed by atoms with E-state index < -0.39 is 59.1 Å². The van der Waals surface area contributed by atoms with Crippen LogP contribution in [0.1, 0.15) is 64.7 Å². The first-order valence-electron chi connectivity index (χ1n) is 12.8. The average Bonchev–Trinajstić information content (AvgIpc) is 3.34. The highest BCUT2D eigenvalue weighted by molar-refractivity contribution is 6.37. The number of hydrogen-bond acceptors (Lipinski definition) is 6. The van der Waals surface area contributed by atoms with Crippen LogP contribution in [0.15, 0.2) is 30.3 Å². The van der Waals surface area contributed by atoms with Crippen molar-refractivity contribution >= 4 is 35.3 Å². The molecule has 208 valence electrons. The third-order valence-corrected chi connectivity index (χ3v) is 6.52. The summed E-state index contributed by atoms with van der Waals surface area (Å²) in [5.74, 6) is -3.60. The van der Waals surface area contributed by atoms with Crippen LogP contribution >= 0.6 is 0 Å². The molecule has 0 aliphatic carbocycles. The van der Waals surface area contributed by atoms with Crippen molar-refractivity contribution in [2.45, 2.75) is 78.6 Å². The number of benzene rings is 1. The maximum Gasteiger partial charge on any atom is 0.316 e. The first-order valence-corrected chi connectivity index (χ1v) is 12.8. The Morgan fingerprint density at radius 1 is 0.947 bits per heavy atom. The molecule has 0 spiro atoms. The highest BCUT2D eigenvalue weighted by atomic mass is 16.2. The number of rotatable bonds is 10. The minimum absolute atomic E-state index is 0.214. The molecule has 1 heterocycles. The third kappa shape index (κ3) is 7.62. The predicted molar refractivity (Wildman–Crippen MR) is 141 cm³/mol. The van der Waals surface area contributed by atoms with E-state index in [-0.39, 0.29) is 18.2 Å². The molecular weight excluding hydrogens is 490 g/mol. The van der Waals surface area contributed by atoms with Gasteiger partial charge in [-0.15, -0.1) is 0 Å². The predicted octanol–water partition coefficient (Wildman–Crippen LogP) is 1.16. The Balaban J connectivity index is 2.17. The number of carbonyl (C=O) groups is 6. The van der Waals surface area contributed by atoms with Gasteiger partial charge in [0.15, 0.2) is 5.78 Å². The zero-order valence-corrected chi connectivity index (χ0v) is 22.9. The average molecular weight is 530 g/mol. The minimum Gasteiger partial charge on any atom is -0.363 e. The van der Waals surface area contributed by atoms with Gasteiger partial charge >= 0.3 is 6.03 Å². The van der Waals surface area contributed by atoms with Crippen LogP contribution in [-0.2, 0) is 19.2 Å². The SMILES string of the molecule is CC(NC(=O)[C@@H]1CCCN1C(=O)C(NC(=O)NC(C(=O)c1ccccc1)C(C)C)C(C)(C)C)C(=O)C(N)=O. The summed E-state index contributed by atoms with van der Waals surface area (Å²) in [5, 5.41) is 7.89. The second-order valence-corrected chi connectivity index (χ2v) is 11.0. The molecule has 1 aliphatic heterocycles. The number of Topliss-reactive ketones (excluding diaryl/α,β-unsaturated/α-hetero) is 2. The summed E-state index contributed by atoms with van der Waals surface area (Å²) in [6.07, 6.45) is 0.908. The van der Waals surface area contributed by atoms with E-state index >= 15 is 0 Å². The minimum atomic E-state index is -1.16. The molecule has 1 aromatic carbocycles. The zero-order valence-electron chi connectivity index (χ0n) is 22.9. The highest BCUT2D eigenvalue weighted by Crippen LogP contribution is 2.26. The summed E-state index contributed by atoms with van der Waals surface area (Å²) in [6, 6.07) is 4.12. The van der Waals surface area contributed by atoms with Gasteiger partial charge in [0.2, 0.25) is 17.6 Å². The van der Waals surface area contributed by atoms with E-state index in [1.165, 1.54) is 11.8 Å². The number of nitrogens with two attached hydrogens (primary N) is 1. The molecule has 11 heteroatoms. The Morgan fingerprint density at radius 3 is 2.08 bits per heavy atom. The van der Waals surface area contributed by atoms with Gasteiger partial charge in [-0.1, -0.05) is 65.0 Å². The van der Waals surface area contributed by atoms with E-state index in [1.54, 1.807) is 51.1 Å². The summed E-state index contributed by atoms with van der Waals surface area (Å²) in [7, 11) is 0. The number of carbonyl (C=O) groups excluding carboxylic acids is 6. The van der Waals surface area contributed by atoms with Crippen LogP contribution in [0.2, 0.25) is 0 Å². The summed E-state index contributed by atoms with van der Waals surface area (Å²) in [6.45, 7) is 10.6. The quantitative estimate of drug-likeness (QED) is 0.262. The Kier molecular flexibility index (Phi) is 10.1. The van der Waals surface area contributed by atoms with Crippen LogP contribution in [-0.4, -0.2) is 70.9 Å². The lowest BCUT2D eigenvalue weighted by Crippen LogP contribution is -2.61. The molecule has 0 aromatic heterocycles. The number of primary amides is 1. The third-order valence-electron chi connectivity index (χ3n) is 6.52. The van der Waals surface area contributed by atoms with Crippen molar-refractivity contribution in [3.05, 3.63) is 35.9 Å². The molecule has 0 saturated carbocycles. The van der Waals surface area contributed by atoms with Gasteiger partial charge in [-0.2, -0.15) is 0 Å². The topological polar surface area (TPSA) is 168 Å². The van der Waals surface area contributed by atoms with E-state index in [9.17, 15) is 28.8 Å². The van der Waals surface area contributed by atoms with E-state index in [1.807, 2.05) is 13.8 Å². The van der Waals surface area contributed by atoms with Gasteiger partial charge in [0.1, 0.15) is 12.1 Å². The molecule has 3 unspecified atom stereocenters. The second-order valence-electron chi connectivity index (χ2n) is 11.0. The summed E-state index contributed by atoms with van der Waals surface area (Å²) < 4.78 is 0. The van der Waals surface area contributed by atoms with Crippen molar-refractivity contribution in [3.8, 4) is 0 Å². The molecule has 11 nitrogen and oxygen atoms in total. The number of urea groups is 1. The van der Waals surface area contributed by atoms with Crippen LogP contribution in [0.4, 0.5) is 4.79 Å². The van der Waals surface area contributed by atoms with Crippen molar-refractivity contribution in [2.24, 2.45) is 17.1 Å². The normalized spacial score (nSPS) is 17.8. The Bertz CT molecular complexity index is 1070. The van der Waals surface area contributed by atoms with E-state index in [0.717, 1.165) is 0 Å². The Morgan fingerprint density at radius 2 is 1.55 bits per heavy atom. The summed E-state index contributed by atoms with van der Waals surface area (Å²) in [4.78, 5) is 76.9. The van der Waals surface area contributed by atoms with Gasteiger partial charge in [0.05, 0.1) is 12.1 Å². The van der Waals surface area contributed by atoms with Gasteiger partial charge in [-0.3, -0.25) is 24.0 Å². The lowest BCUT2D eigenvalue weighted by Gasteiger charge is -2.36. The van der Waals surface area contributed by atoms with Crippen molar-refractivity contribution in [2.75, 3.05) is 6.54 Å². The van der Waals surface area contributed by atoms with Crippen LogP contribution in [0.25, 0.3) is 0 Å². The lowest BCUT2D eigenvalue weighted by molar-refractivity contribution is -0.143. The number of amides is 5. The van der Waals surface area contributed by atoms with Crippen molar-refractivity contribution in [1.82, 2.24) is 20.9 Å². The van der Waals surface area contributed by atoms with Gasteiger partial charge in [-0.25, -0.2) is 4.79 Å². The van der Waals surface area contributed by atoms with E-state index in [0.29, 0.717) is 18.4 Å². The van der Waals surface area contributed by atoms with Gasteiger partial charge in [0.25, 0.3) is 5.91 Å². The molecular formula is C27H39N5O6. The van der Waals surface area contributed by atoms with E-state index in [2.05, 4.69) is 16.0 Å². The molecule has 4 atom stereocenters. The molecule has 2 rings (SSSR count). The molecule has 0 radical (unpaired) electrons. The second kappa shape index (κ2) is 12.7. The Labute approximate surface area is 223 Å². The fourth-order valence-electron chi connectivity index (χ4n) is 4.34. The first-order chi connectivity index (χ1) is 17.6. The molecule has 5 N–H and O–H groups in total. The molecule has 5 amide bonds. The zero-order chi connectivity index (χ0) is 28.8. The summed E-state index contributed by atoms with van der Waals surface area (Å²) >= 11 is 0. The number of ketones is 2. The van der Waals surface area contributed by atoms with Crippen molar-refractivity contribution in [1.29, 1.82) is 0 Å². The Hall–Kier alpha value is -3.76. The largest absolute Gasteiger partial charge is 0.363 e. The molecule has 0 bridgehead atoms. The monoisotopic (exact) mass is 529 g/mol. The number of nitrogens with zero attached hydrogens (tertiary/aromatic N) is 1. The van der Waals surface area contributed by atoms with E-state index in [4.69, 9.17) is 5.73 Å². The molecule has 38 heavy (non-hydrogen) atoms. The molecule has 1 saturated heterocycles. The lowest BCUT2D eigenvalue weighted by atomic mass is 9.85. The fraction of sp³-hybridized carbons (Fsp3) is 0.556. The van der Waals surface area contributed by atoms with Crippen LogP contribution in [0, 0.1) is 11.3 Å². The number of nitrogens with one attached hydrogen (secondary N) is 3. The fourth-order valence-corrected chi connectivity index (χ4v) is 4.34. The van der Waals surface area contributed by atoms with Crippen LogP contribution < -0.4 is 21.7 Å². The molecule has 1 aromatic rings. The summed E-state index contributed by atoms with van der Waals surface area (Å²) in [5.41, 5.74) is 4.74. The van der Waals surface area contributed by atoms with Crippen molar-refractivity contribution in [3.63, 3.8) is 0 Å². The number of likely N-dealkylation sites (tertiary alicyclic amines) is 1.